The molecule has 2 amide bonds. The minimum absolute atomic E-state index is 0.0336. The Balaban J connectivity index is 1.33. The van der Waals surface area contributed by atoms with Crippen LogP contribution in [0.4, 0.5) is 17.1 Å². The molecule has 2 aliphatic heterocycles. The summed E-state index contributed by atoms with van der Waals surface area (Å²) in [6.45, 7) is 10.5. The summed E-state index contributed by atoms with van der Waals surface area (Å²) in [4.78, 5) is 31.1. The lowest BCUT2D eigenvalue weighted by atomic mass is 10.1. The van der Waals surface area contributed by atoms with Crippen LogP contribution in [-0.4, -0.2) is 56.0 Å². The number of carbonyl (C=O) groups excluding carboxylic acids is 2. The van der Waals surface area contributed by atoms with Gasteiger partial charge < -0.3 is 20.0 Å². The fraction of sp³-hybridized carbons (Fsp3) is 0.440. The average Bonchev–Trinajstić information content (AvgIpc) is 3.20. The van der Waals surface area contributed by atoms with Gasteiger partial charge in [-0.2, -0.15) is 0 Å². The van der Waals surface area contributed by atoms with Gasteiger partial charge in [-0.25, -0.2) is 0 Å². The molecule has 31 heavy (non-hydrogen) atoms. The Morgan fingerprint density at radius 2 is 1.74 bits per heavy atom. The highest BCUT2D eigenvalue weighted by Crippen LogP contribution is 2.25. The smallest absolute Gasteiger partial charge is 0.228 e. The summed E-state index contributed by atoms with van der Waals surface area (Å²) in [5.41, 5.74) is 5.12. The topological polar surface area (TPSA) is 55.9 Å². The first-order chi connectivity index (χ1) is 15.0. The van der Waals surface area contributed by atoms with Crippen molar-refractivity contribution in [2.45, 2.75) is 33.1 Å². The van der Waals surface area contributed by atoms with Gasteiger partial charge in [-0.05, 0) is 61.3 Å². The first-order valence-electron chi connectivity index (χ1n) is 11.3. The SMILES string of the molecule is CCN1CCN(c2ccc(NC(=O)Cc3ccc(N4CCCC4=O)cc3)cc2C)CC1. The van der Waals surface area contributed by atoms with E-state index in [1.54, 1.807) is 0 Å². The molecule has 4 rings (SSSR count). The van der Waals surface area contributed by atoms with Crippen LogP contribution in [0.5, 0.6) is 0 Å². The molecule has 1 N–H and O–H groups in total. The third-order valence-electron chi connectivity index (χ3n) is 6.33. The lowest BCUT2D eigenvalue weighted by Crippen LogP contribution is -2.46. The van der Waals surface area contributed by atoms with Crippen LogP contribution in [0.25, 0.3) is 0 Å². The minimum Gasteiger partial charge on any atom is -0.369 e. The molecule has 0 aromatic heterocycles. The number of rotatable bonds is 6. The number of carbonyl (C=O) groups is 2. The first-order valence-corrected chi connectivity index (χ1v) is 11.3. The highest BCUT2D eigenvalue weighted by molar-refractivity contribution is 5.95. The first kappa shape index (κ1) is 21.4. The van der Waals surface area contributed by atoms with Crippen molar-refractivity contribution >= 4 is 28.9 Å². The standard InChI is InChI=1S/C25H32N4O2/c1-3-27-13-15-28(16-14-27)23-11-8-21(17-19(23)2)26-24(30)18-20-6-9-22(10-7-20)29-12-4-5-25(29)31/h6-11,17H,3-5,12-16,18H2,1-2H3,(H,26,30). The summed E-state index contributed by atoms with van der Waals surface area (Å²) in [7, 11) is 0. The summed E-state index contributed by atoms with van der Waals surface area (Å²) in [6.07, 6.45) is 1.85. The second-order valence-electron chi connectivity index (χ2n) is 8.46. The van der Waals surface area contributed by atoms with Gasteiger partial charge in [-0.1, -0.05) is 19.1 Å². The summed E-state index contributed by atoms with van der Waals surface area (Å²) >= 11 is 0. The predicted molar refractivity (Wildman–Crippen MR) is 126 cm³/mol. The predicted octanol–water partition coefficient (Wildman–Crippen LogP) is 3.44. The van der Waals surface area contributed by atoms with Crippen molar-refractivity contribution in [3.8, 4) is 0 Å². The summed E-state index contributed by atoms with van der Waals surface area (Å²) in [5.74, 6) is 0.144. The van der Waals surface area contributed by atoms with Crippen molar-refractivity contribution in [1.29, 1.82) is 0 Å². The second kappa shape index (κ2) is 9.52. The van der Waals surface area contributed by atoms with Crippen LogP contribution < -0.4 is 15.1 Å². The van der Waals surface area contributed by atoms with E-state index in [-0.39, 0.29) is 11.8 Å². The molecule has 0 atom stereocenters. The van der Waals surface area contributed by atoms with Crippen LogP contribution in [-0.2, 0) is 16.0 Å². The molecule has 6 heteroatoms. The van der Waals surface area contributed by atoms with Crippen LogP contribution in [0.3, 0.4) is 0 Å². The number of aryl methyl sites for hydroxylation is 1. The molecule has 6 nitrogen and oxygen atoms in total. The maximum Gasteiger partial charge on any atom is 0.228 e. The Morgan fingerprint density at radius 1 is 1.00 bits per heavy atom. The molecule has 0 saturated carbocycles. The maximum atomic E-state index is 12.6. The molecule has 0 spiro atoms. The molecule has 0 unspecified atom stereocenters. The molecule has 2 aliphatic rings. The van der Waals surface area contributed by atoms with E-state index in [1.807, 2.05) is 35.2 Å². The molecule has 2 fully saturated rings. The zero-order valence-corrected chi connectivity index (χ0v) is 18.6. The number of anilines is 3. The van der Waals surface area contributed by atoms with Crippen LogP contribution in [0, 0.1) is 6.92 Å². The monoisotopic (exact) mass is 420 g/mol. The van der Waals surface area contributed by atoms with Crippen molar-refractivity contribution < 1.29 is 9.59 Å². The molecule has 164 valence electrons. The van der Waals surface area contributed by atoms with Crippen molar-refractivity contribution in [2.24, 2.45) is 0 Å². The van der Waals surface area contributed by atoms with Gasteiger partial charge in [0.25, 0.3) is 0 Å². The third kappa shape index (κ3) is 5.07. The molecular formula is C25H32N4O2. The normalized spacial score (nSPS) is 17.3. The van der Waals surface area contributed by atoms with Crippen molar-refractivity contribution in [3.63, 3.8) is 0 Å². The quantitative estimate of drug-likeness (QED) is 0.778. The number of nitrogens with one attached hydrogen (secondary N) is 1. The number of likely N-dealkylation sites (N-methyl/N-ethyl adjacent to an activating group) is 1. The van der Waals surface area contributed by atoms with Gasteiger partial charge in [0.05, 0.1) is 6.42 Å². The molecule has 0 bridgehead atoms. The fourth-order valence-electron chi connectivity index (χ4n) is 4.50. The lowest BCUT2D eigenvalue weighted by molar-refractivity contribution is -0.117. The van der Waals surface area contributed by atoms with Gasteiger partial charge in [0, 0.05) is 56.2 Å². The van der Waals surface area contributed by atoms with Crippen LogP contribution >= 0.6 is 0 Å². The van der Waals surface area contributed by atoms with E-state index in [0.29, 0.717) is 12.8 Å². The molecule has 2 saturated heterocycles. The van der Waals surface area contributed by atoms with E-state index in [0.717, 1.165) is 62.6 Å². The summed E-state index contributed by atoms with van der Waals surface area (Å²) in [5, 5.41) is 3.02. The van der Waals surface area contributed by atoms with E-state index < -0.39 is 0 Å². The van der Waals surface area contributed by atoms with Gasteiger partial charge in [0.15, 0.2) is 0 Å². The fourth-order valence-corrected chi connectivity index (χ4v) is 4.50. The molecule has 2 aromatic carbocycles. The van der Waals surface area contributed by atoms with Crippen LogP contribution in [0.15, 0.2) is 42.5 Å². The van der Waals surface area contributed by atoms with Gasteiger partial charge in [0.2, 0.25) is 11.8 Å². The minimum atomic E-state index is -0.0336. The lowest BCUT2D eigenvalue weighted by Gasteiger charge is -2.36. The van der Waals surface area contributed by atoms with Crippen molar-refractivity contribution in [3.05, 3.63) is 53.6 Å². The van der Waals surface area contributed by atoms with E-state index >= 15 is 0 Å². The van der Waals surface area contributed by atoms with Gasteiger partial charge in [-0.15, -0.1) is 0 Å². The highest BCUT2D eigenvalue weighted by Gasteiger charge is 2.21. The van der Waals surface area contributed by atoms with E-state index in [4.69, 9.17) is 0 Å². The summed E-state index contributed by atoms with van der Waals surface area (Å²) < 4.78 is 0. The Morgan fingerprint density at radius 3 is 2.35 bits per heavy atom. The van der Waals surface area contributed by atoms with E-state index in [1.165, 1.54) is 11.3 Å². The number of benzene rings is 2. The average molecular weight is 421 g/mol. The van der Waals surface area contributed by atoms with E-state index in [9.17, 15) is 9.59 Å². The summed E-state index contributed by atoms with van der Waals surface area (Å²) in [6, 6.07) is 13.9. The highest BCUT2D eigenvalue weighted by atomic mass is 16.2. The van der Waals surface area contributed by atoms with Crippen LogP contribution in [0.2, 0.25) is 0 Å². The largest absolute Gasteiger partial charge is 0.369 e. The zero-order chi connectivity index (χ0) is 21.8. The second-order valence-corrected chi connectivity index (χ2v) is 8.46. The molecular weight excluding hydrogens is 388 g/mol. The van der Waals surface area contributed by atoms with Crippen LogP contribution in [0.1, 0.15) is 30.9 Å². The Hall–Kier alpha value is -2.86. The number of hydrogen-bond donors (Lipinski definition) is 1. The van der Waals surface area contributed by atoms with Gasteiger partial charge in [-0.3, -0.25) is 9.59 Å². The van der Waals surface area contributed by atoms with Crippen molar-refractivity contribution in [2.75, 3.05) is 54.4 Å². The molecule has 0 radical (unpaired) electrons. The van der Waals surface area contributed by atoms with E-state index in [2.05, 4.69) is 41.1 Å². The Labute approximate surface area is 184 Å². The Kier molecular flexibility index (Phi) is 6.56. The zero-order valence-electron chi connectivity index (χ0n) is 18.6. The molecule has 2 heterocycles. The van der Waals surface area contributed by atoms with Gasteiger partial charge >= 0.3 is 0 Å². The van der Waals surface area contributed by atoms with Gasteiger partial charge in [0.1, 0.15) is 0 Å². The number of nitrogens with zero attached hydrogens (tertiary/aromatic N) is 3. The van der Waals surface area contributed by atoms with Crippen molar-refractivity contribution in [1.82, 2.24) is 4.90 Å². The maximum absolute atomic E-state index is 12.6. The molecule has 2 aromatic rings. The number of amides is 2. The number of piperazine rings is 1. The molecule has 0 aliphatic carbocycles. The number of hydrogen-bond acceptors (Lipinski definition) is 4. The Bertz CT molecular complexity index is 933. The third-order valence-corrected chi connectivity index (χ3v) is 6.33.